The van der Waals surface area contributed by atoms with E-state index in [9.17, 15) is 29.8 Å². The molecule has 0 aromatic heterocycles. The van der Waals surface area contributed by atoms with Gasteiger partial charge >= 0.3 is 0 Å². The molecule has 2 amide bonds. The molecule has 10 nitrogen and oxygen atoms in total. The summed E-state index contributed by atoms with van der Waals surface area (Å²) in [6.07, 6.45) is 1.17. The number of amides is 2. The Hall–Kier alpha value is -3.95. The lowest BCUT2D eigenvalue weighted by atomic mass is 9.97. The smallest absolute Gasteiger partial charge is 0.269 e. The van der Waals surface area contributed by atoms with Gasteiger partial charge in [-0.25, -0.2) is 0 Å². The predicted octanol–water partition coefficient (Wildman–Crippen LogP) is 2.38. The molecule has 136 valence electrons. The van der Waals surface area contributed by atoms with Crippen LogP contribution in [0.3, 0.4) is 0 Å². The first-order chi connectivity index (χ1) is 12.9. The summed E-state index contributed by atoms with van der Waals surface area (Å²) in [6, 6.07) is 10.9. The second-order valence-corrected chi connectivity index (χ2v) is 5.74. The monoisotopic (exact) mass is 368 g/mol. The number of hydrazone groups is 1. The summed E-state index contributed by atoms with van der Waals surface area (Å²) in [5, 5.41) is 26.0. The van der Waals surface area contributed by atoms with E-state index in [1.165, 1.54) is 54.7 Å². The number of non-ortho nitro benzene ring substituents is 2. The van der Waals surface area contributed by atoms with Crippen molar-refractivity contribution >= 4 is 29.4 Å². The van der Waals surface area contributed by atoms with Crippen LogP contribution in [0.1, 0.15) is 23.5 Å². The number of carbonyl (C=O) groups excluding carboxylic acids is 2. The number of rotatable bonds is 5. The van der Waals surface area contributed by atoms with E-state index in [1.807, 2.05) is 0 Å². The lowest BCUT2D eigenvalue weighted by molar-refractivity contribution is -0.385. The molecule has 2 aromatic rings. The van der Waals surface area contributed by atoms with Gasteiger partial charge in [0, 0.05) is 30.7 Å². The fourth-order valence-electron chi connectivity index (χ4n) is 2.64. The molecule has 27 heavy (non-hydrogen) atoms. The minimum absolute atomic E-state index is 0.0845. The third kappa shape index (κ3) is 3.68. The Balaban J connectivity index is 1.75. The molecule has 1 aliphatic rings. The summed E-state index contributed by atoms with van der Waals surface area (Å²) in [5.74, 6) is -1.79. The number of hydrogen-bond acceptors (Lipinski definition) is 7. The van der Waals surface area contributed by atoms with Crippen molar-refractivity contribution in [1.29, 1.82) is 0 Å². The number of hydrogen-bond donors (Lipinski definition) is 0. The minimum Gasteiger partial charge on any atom is -0.272 e. The van der Waals surface area contributed by atoms with E-state index in [0.29, 0.717) is 11.1 Å². The summed E-state index contributed by atoms with van der Waals surface area (Å²) in [6.45, 7) is 0. The van der Waals surface area contributed by atoms with Crippen molar-refractivity contribution in [2.75, 3.05) is 0 Å². The maximum absolute atomic E-state index is 12.5. The van der Waals surface area contributed by atoms with E-state index in [-0.39, 0.29) is 17.8 Å². The molecule has 0 spiro atoms. The molecule has 10 heteroatoms. The zero-order valence-electron chi connectivity index (χ0n) is 13.7. The third-order valence-corrected chi connectivity index (χ3v) is 4.05. The van der Waals surface area contributed by atoms with Gasteiger partial charge in [0.25, 0.3) is 23.2 Å². The number of imide groups is 1. The third-order valence-electron chi connectivity index (χ3n) is 4.05. The molecule has 0 aliphatic carbocycles. The number of nitro benzene ring substituents is 2. The van der Waals surface area contributed by atoms with E-state index >= 15 is 0 Å². The summed E-state index contributed by atoms with van der Waals surface area (Å²) >= 11 is 0. The number of nitrogens with zero attached hydrogens (tertiary/aromatic N) is 4. The minimum atomic E-state index is -0.757. The molecular weight excluding hydrogens is 356 g/mol. The Morgan fingerprint density at radius 1 is 0.926 bits per heavy atom. The number of carbonyl (C=O) groups is 2. The van der Waals surface area contributed by atoms with Crippen molar-refractivity contribution in [1.82, 2.24) is 5.01 Å². The van der Waals surface area contributed by atoms with Gasteiger partial charge in [0.15, 0.2) is 0 Å². The maximum atomic E-state index is 12.5. The van der Waals surface area contributed by atoms with Crippen molar-refractivity contribution in [2.45, 2.75) is 12.3 Å². The zero-order valence-corrected chi connectivity index (χ0v) is 13.7. The van der Waals surface area contributed by atoms with Gasteiger partial charge in [-0.2, -0.15) is 10.1 Å². The lowest BCUT2D eigenvalue weighted by Crippen LogP contribution is -2.24. The molecule has 1 saturated heterocycles. The maximum Gasteiger partial charge on any atom is 0.269 e. The first kappa shape index (κ1) is 17.9. The predicted molar refractivity (Wildman–Crippen MR) is 93.0 cm³/mol. The fraction of sp³-hybridized carbons (Fsp3) is 0.118. The van der Waals surface area contributed by atoms with Crippen molar-refractivity contribution in [2.24, 2.45) is 5.10 Å². The summed E-state index contributed by atoms with van der Waals surface area (Å²) in [5.41, 5.74) is 0.786. The normalized spacial score (nSPS) is 16.9. The molecule has 0 bridgehead atoms. The average Bonchev–Trinajstić information content (AvgIpc) is 2.94. The van der Waals surface area contributed by atoms with Crippen LogP contribution in [0.5, 0.6) is 0 Å². The summed E-state index contributed by atoms with van der Waals surface area (Å²) in [7, 11) is 0. The van der Waals surface area contributed by atoms with Gasteiger partial charge in [-0.15, -0.1) is 0 Å². The average molecular weight is 368 g/mol. The molecule has 1 unspecified atom stereocenters. The van der Waals surface area contributed by atoms with E-state index in [2.05, 4.69) is 5.10 Å². The van der Waals surface area contributed by atoms with Crippen LogP contribution in [0, 0.1) is 20.2 Å². The van der Waals surface area contributed by atoms with Crippen molar-refractivity contribution in [3.63, 3.8) is 0 Å². The Bertz CT molecular complexity index is 952. The van der Waals surface area contributed by atoms with Crippen LogP contribution in [0.15, 0.2) is 53.6 Å². The highest BCUT2D eigenvalue weighted by atomic mass is 16.6. The largest absolute Gasteiger partial charge is 0.272 e. The van der Waals surface area contributed by atoms with E-state index in [1.54, 1.807) is 0 Å². The first-order valence-corrected chi connectivity index (χ1v) is 7.76. The van der Waals surface area contributed by atoms with Crippen LogP contribution in [0.2, 0.25) is 0 Å². The molecule has 0 saturated carbocycles. The second-order valence-electron chi connectivity index (χ2n) is 5.74. The Morgan fingerprint density at radius 3 is 1.96 bits per heavy atom. The SMILES string of the molecule is O=C1CC(c2ccc([N+](=O)[O-])cc2)C(=O)N1/N=C/c1ccc([N+](=O)[O-])cc1. The van der Waals surface area contributed by atoms with Crippen LogP contribution in [-0.4, -0.2) is 32.9 Å². The zero-order chi connectivity index (χ0) is 19.6. The van der Waals surface area contributed by atoms with Crippen LogP contribution in [-0.2, 0) is 9.59 Å². The molecule has 3 rings (SSSR count). The Kier molecular flexibility index (Phi) is 4.71. The number of nitro groups is 2. The van der Waals surface area contributed by atoms with E-state index in [0.717, 1.165) is 5.01 Å². The van der Waals surface area contributed by atoms with Gasteiger partial charge in [0.1, 0.15) is 0 Å². The molecule has 1 fully saturated rings. The molecule has 2 aromatic carbocycles. The Morgan fingerprint density at radius 2 is 1.44 bits per heavy atom. The van der Waals surface area contributed by atoms with Gasteiger partial charge in [-0.3, -0.25) is 29.8 Å². The van der Waals surface area contributed by atoms with E-state index < -0.39 is 27.6 Å². The topological polar surface area (TPSA) is 136 Å². The van der Waals surface area contributed by atoms with Gasteiger partial charge in [-0.05, 0) is 23.3 Å². The van der Waals surface area contributed by atoms with Gasteiger partial charge in [-0.1, -0.05) is 12.1 Å². The van der Waals surface area contributed by atoms with Crippen molar-refractivity contribution in [3.05, 3.63) is 79.9 Å². The van der Waals surface area contributed by atoms with Crippen LogP contribution in [0.25, 0.3) is 0 Å². The highest BCUT2D eigenvalue weighted by Crippen LogP contribution is 2.30. The lowest BCUT2D eigenvalue weighted by Gasteiger charge is -2.09. The first-order valence-electron chi connectivity index (χ1n) is 7.76. The second kappa shape index (κ2) is 7.12. The van der Waals surface area contributed by atoms with Gasteiger partial charge < -0.3 is 0 Å². The molecule has 1 atom stereocenters. The molecule has 1 heterocycles. The van der Waals surface area contributed by atoms with Crippen molar-refractivity contribution in [3.8, 4) is 0 Å². The Labute approximate surface area is 152 Å². The number of benzene rings is 2. The van der Waals surface area contributed by atoms with Gasteiger partial charge in [0.05, 0.1) is 22.0 Å². The quantitative estimate of drug-likeness (QED) is 0.344. The molecule has 0 radical (unpaired) electrons. The summed E-state index contributed by atoms with van der Waals surface area (Å²) < 4.78 is 0. The molecule has 1 aliphatic heterocycles. The molecular formula is C17H12N4O6. The standard InChI is InChI=1S/C17H12N4O6/c22-16-9-15(12-3-7-14(8-4-12)21(26)27)17(23)19(16)18-10-11-1-5-13(6-2-11)20(24)25/h1-8,10,15H,9H2/b18-10+. The van der Waals surface area contributed by atoms with E-state index in [4.69, 9.17) is 0 Å². The van der Waals surface area contributed by atoms with Crippen LogP contribution < -0.4 is 0 Å². The fourth-order valence-corrected chi connectivity index (χ4v) is 2.64. The van der Waals surface area contributed by atoms with Crippen LogP contribution >= 0.6 is 0 Å². The van der Waals surface area contributed by atoms with Crippen LogP contribution in [0.4, 0.5) is 11.4 Å². The molecule has 0 N–H and O–H groups in total. The van der Waals surface area contributed by atoms with Gasteiger partial charge in [0.2, 0.25) is 0 Å². The van der Waals surface area contributed by atoms with Crippen molar-refractivity contribution < 1.29 is 19.4 Å². The highest BCUT2D eigenvalue weighted by molar-refractivity contribution is 6.06. The highest BCUT2D eigenvalue weighted by Gasteiger charge is 2.39. The summed E-state index contributed by atoms with van der Waals surface area (Å²) in [4.78, 5) is 44.8.